The SMILES string of the molecule is Cc1ccn2nc(NCc3ccccc3C)nc2c1. The van der Waals surface area contributed by atoms with Gasteiger partial charge in [0.1, 0.15) is 0 Å². The Kier molecular flexibility index (Phi) is 2.91. The van der Waals surface area contributed by atoms with E-state index in [0.29, 0.717) is 5.95 Å². The molecule has 0 atom stereocenters. The molecule has 3 rings (SSSR count). The highest BCUT2D eigenvalue weighted by Gasteiger charge is 2.03. The van der Waals surface area contributed by atoms with Crippen LogP contribution in [0.3, 0.4) is 0 Å². The number of hydrogen-bond acceptors (Lipinski definition) is 3. The minimum absolute atomic E-state index is 0.661. The zero-order valence-electron chi connectivity index (χ0n) is 11.1. The van der Waals surface area contributed by atoms with Crippen molar-refractivity contribution in [3.63, 3.8) is 0 Å². The highest BCUT2D eigenvalue weighted by molar-refractivity contribution is 5.45. The Hall–Kier alpha value is -2.36. The van der Waals surface area contributed by atoms with E-state index < -0.39 is 0 Å². The van der Waals surface area contributed by atoms with Gasteiger partial charge in [-0.25, -0.2) is 4.52 Å². The van der Waals surface area contributed by atoms with Crippen LogP contribution in [0, 0.1) is 13.8 Å². The van der Waals surface area contributed by atoms with Crippen LogP contribution in [0.4, 0.5) is 5.95 Å². The summed E-state index contributed by atoms with van der Waals surface area (Å²) in [5.41, 5.74) is 4.59. The number of fused-ring (bicyclic) bond motifs is 1. The van der Waals surface area contributed by atoms with E-state index in [2.05, 4.69) is 41.4 Å². The lowest BCUT2D eigenvalue weighted by Gasteiger charge is -2.05. The zero-order chi connectivity index (χ0) is 13.2. The average molecular weight is 252 g/mol. The van der Waals surface area contributed by atoms with Gasteiger partial charge in [0, 0.05) is 12.7 Å². The fourth-order valence-electron chi connectivity index (χ4n) is 2.04. The maximum absolute atomic E-state index is 4.46. The van der Waals surface area contributed by atoms with Crippen LogP contribution in [-0.4, -0.2) is 14.6 Å². The fourth-order valence-corrected chi connectivity index (χ4v) is 2.04. The number of anilines is 1. The molecule has 3 aromatic rings. The minimum atomic E-state index is 0.661. The first-order chi connectivity index (χ1) is 9.22. The summed E-state index contributed by atoms with van der Waals surface area (Å²) >= 11 is 0. The summed E-state index contributed by atoms with van der Waals surface area (Å²) < 4.78 is 1.78. The first-order valence-corrected chi connectivity index (χ1v) is 6.34. The van der Waals surface area contributed by atoms with Gasteiger partial charge in [0.25, 0.3) is 0 Å². The van der Waals surface area contributed by atoms with Gasteiger partial charge < -0.3 is 5.32 Å². The Labute approximate surface area is 112 Å². The van der Waals surface area contributed by atoms with E-state index >= 15 is 0 Å². The highest BCUT2D eigenvalue weighted by atomic mass is 15.3. The largest absolute Gasteiger partial charge is 0.349 e. The number of benzene rings is 1. The summed E-state index contributed by atoms with van der Waals surface area (Å²) in [5.74, 6) is 0.661. The van der Waals surface area contributed by atoms with E-state index in [0.717, 1.165) is 12.2 Å². The van der Waals surface area contributed by atoms with Crippen LogP contribution < -0.4 is 5.32 Å². The van der Waals surface area contributed by atoms with Crippen LogP contribution in [0.2, 0.25) is 0 Å². The highest BCUT2D eigenvalue weighted by Crippen LogP contribution is 2.11. The molecule has 0 aliphatic rings. The number of aromatic nitrogens is 3. The summed E-state index contributed by atoms with van der Waals surface area (Å²) in [6.45, 7) is 4.90. The number of hydrogen-bond donors (Lipinski definition) is 1. The Morgan fingerprint density at radius 1 is 1.16 bits per heavy atom. The standard InChI is InChI=1S/C15H16N4/c1-11-7-8-19-14(9-11)17-15(18-19)16-10-13-6-4-3-5-12(13)2/h3-9H,10H2,1-2H3,(H,16,18). The third-order valence-electron chi connectivity index (χ3n) is 3.19. The zero-order valence-corrected chi connectivity index (χ0v) is 11.1. The van der Waals surface area contributed by atoms with Crippen LogP contribution in [0.15, 0.2) is 42.6 Å². The second-order valence-electron chi connectivity index (χ2n) is 4.72. The van der Waals surface area contributed by atoms with E-state index in [1.54, 1.807) is 4.52 Å². The topological polar surface area (TPSA) is 42.2 Å². The first-order valence-electron chi connectivity index (χ1n) is 6.34. The van der Waals surface area contributed by atoms with Crippen LogP contribution in [0.5, 0.6) is 0 Å². The van der Waals surface area contributed by atoms with E-state index in [9.17, 15) is 0 Å². The van der Waals surface area contributed by atoms with Gasteiger partial charge in [0.15, 0.2) is 5.65 Å². The molecule has 1 aromatic carbocycles. The van der Waals surface area contributed by atoms with Gasteiger partial charge in [-0.15, -0.1) is 5.10 Å². The predicted octanol–water partition coefficient (Wildman–Crippen LogP) is 2.96. The predicted molar refractivity (Wildman–Crippen MR) is 76.2 cm³/mol. The van der Waals surface area contributed by atoms with Crippen molar-refractivity contribution in [3.8, 4) is 0 Å². The molecule has 96 valence electrons. The summed E-state index contributed by atoms with van der Waals surface area (Å²) in [7, 11) is 0. The Morgan fingerprint density at radius 2 is 2.00 bits per heavy atom. The molecule has 0 saturated carbocycles. The quantitative estimate of drug-likeness (QED) is 0.779. The van der Waals surface area contributed by atoms with Crippen molar-refractivity contribution < 1.29 is 0 Å². The molecule has 0 saturated heterocycles. The fraction of sp³-hybridized carbons (Fsp3) is 0.200. The van der Waals surface area contributed by atoms with Crippen molar-refractivity contribution in [3.05, 3.63) is 59.3 Å². The van der Waals surface area contributed by atoms with Crippen LogP contribution in [0.1, 0.15) is 16.7 Å². The van der Waals surface area contributed by atoms with Crippen LogP contribution in [0.25, 0.3) is 5.65 Å². The second-order valence-corrected chi connectivity index (χ2v) is 4.72. The average Bonchev–Trinajstić information content (AvgIpc) is 2.79. The third kappa shape index (κ3) is 2.42. The second kappa shape index (κ2) is 4.72. The molecule has 2 heterocycles. The molecular formula is C15H16N4. The van der Waals surface area contributed by atoms with Crippen molar-refractivity contribution in [2.75, 3.05) is 5.32 Å². The molecule has 4 nitrogen and oxygen atoms in total. The molecule has 0 unspecified atom stereocenters. The molecular weight excluding hydrogens is 236 g/mol. The van der Waals surface area contributed by atoms with Gasteiger partial charge in [-0.3, -0.25) is 0 Å². The molecule has 19 heavy (non-hydrogen) atoms. The molecule has 0 spiro atoms. The number of pyridine rings is 1. The molecule has 0 amide bonds. The first kappa shape index (κ1) is 11.7. The summed E-state index contributed by atoms with van der Waals surface area (Å²) in [5, 5.41) is 7.66. The number of nitrogens with one attached hydrogen (secondary N) is 1. The van der Waals surface area contributed by atoms with Gasteiger partial charge in [-0.1, -0.05) is 24.3 Å². The van der Waals surface area contributed by atoms with E-state index in [1.807, 2.05) is 30.5 Å². The van der Waals surface area contributed by atoms with Gasteiger partial charge in [-0.05, 0) is 42.7 Å². The van der Waals surface area contributed by atoms with E-state index in [1.165, 1.54) is 16.7 Å². The van der Waals surface area contributed by atoms with Gasteiger partial charge in [0.05, 0.1) is 0 Å². The molecule has 1 N–H and O–H groups in total. The van der Waals surface area contributed by atoms with E-state index in [4.69, 9.17) is 0 Å². The molecule has 0 bridgehead atoms. The molecule has 2 aromatic heterocycles. The van der Waals surface area contributed by atoms with Crippen LogP contribution in [-0.2, 0) is 6.54 Å². The Morgan fingerprint density at radius 3 is 2.84 bits per heavy atom. The van der Waals surface area contributed by atoms with Gasteiger partial charge in [-0.2, -0.15) is 4.98 Å². The summed E-state index contributed by atoms with van der Waals surface area (Å²) in [4.78, 5) is 4.46. The number of nitrogens with zero attached hydrogens (tertiary/aromatic N) is 3. The maximum atomic E-state index is 4.46. The minimum Gasteiger partial charge on any atom is -0.349 e. The monoisotopic (exact) mass is 252 g/mol. The lowest BCUT2D eigenvalue weighted by atomic mass is 10.1. The summed E-state index contributed by atoms with van der Waals surface area (Å²) in [6.07, 6.45) is 1.93. The van der Waals surface area contributed by atoms with Crippen molar-refractivity contribution in [1.82, 2.24) is 14.6 Å². The van der Waals surface area contributed by atoms with E-state index in [-0.39, 0.29) is 0 Å². The number of aryl methyl sites for hydroxylation is 2. The third-order valence-corrected chi connectivity index (χ3v) is 3.19. The molecule has 0 fully saturated rings. The van der Waals surface area contributed by atoms with Crippen molar-refractivity contribution in [2.24, 2.45) is 0 Å². The lowest BCUT2D eigenvalue weighted by molar-refractivity contribution is 0.946. The van der Waals surface area contributed by atoms with Gasteiger partial charge in [0.2, 0.25) is 5.95 Å². The van der Waals surface area contributed by atoms with Crippen molar-refractivity contribution in [2.45, 2.75) is 20.4 Å². The maximum Gasteiger partial charge on any atom is 0.243 e. The summed E-state index contributed by atoms with van der Waals surface area (Å²) in [6, 6.07) is 12.4. The Balaban J connectivity index is 1.80. The Bertz CT molecular complexity index is 715. The van der Waals surface area contributed by atoms with Crippen LogP contribution >= 0.6 is 0 Å². The molecule has 0 aliphatic carbocycles. The van der Waals surface area contributed by atoms with Gasteiger partial charge >= 0.3 is 0 Å². The molecule has 4 heteroatoms. The van der Waals surface area contributed by atoms with Crippen molar-refractivity contribution >= 4 is 11.6 Å². The smallest absolute Gasteiger partial charge is 0.243 e. The normalized spacial score (nSPS) is 10.8. The molecule has 0 radical (unpaired) electrons. The van der Waals surface area contributed by atoms with Crippen molar-refractivity contribution in [1.29, 1.82) is 0 Å². The number of rotatable bonds is 3. The lowest BCUT2D eigenvalue weighted by Crippen LogP contribution is -2.02. The molecule has 0 aliphatic heterocycles.